The van der Waals surface area contributed by atoms with E-state index >= 15 is 0 Å². The van der Waals surface area contributed by atoms with Crippen molar-refractivity contribution in [3.63, 3.8) is 0 Å². The Bertz CT molecular complexity index is 470. The van der Waals surface area contributed by atoms with Crippen molar-refractivity contribution in [1.82, 2.24) is 0 Å². The maximum atomic E-state index is 12.8. The van der Waals surface area contributed by atoms with Crippen LogP contribution in [0.2, 0.25) is 0 Å². The summed E-state index contributed by atoms with van der Waals surface area (Å²) in [6.45, 7) is 0. The van der Waals surface area contributed by atoms with Gasteiger partial charge in [-0.1, -0.05) is 15.9 Å². The second kappa shape index (κ2) is 3.48. The SMILES string of the molecule is CN1C(=O)Cc2c1ccc(Br)c2C(F)(F)F. The molecule has 0 aliphatic carbocycles. The Labute approximate surface area is 98.2 Å². The van der Waals surface area contributed by atoms with E-state index < -0.39 is 11.7 Å². The predicted molar refractivity (Wildman–Crippen MR) is 56.3 cm³/mol. The molecule has 2 rings (SSSR count). The molecule has 16 heavy (non-hydrogen) atoms. The molecule has 0 N–H and O–H groups in total. The molecule has 1 amide bonds. The van der Waals surface area contributed by atoms with Crippen LogP contribution in [0.25, 0.3) is 0 Å². The van der Waals surface area contributed by atoms with Crippen molar-refractivity contribution < 1.29 is 18.0 Å². The number of rotatable bonds is 0. The topological polar surface area (TPSA) is 20.3 Å². The molecule has 0 unspecified atom stereocenters. The lowest BCUT2D eigenvalue weighted by atomic mass is 10.0. The monoisotopic (exact) mass is 293 g/mol. The molecule has 0 spiro atoms. The van der Waals surface area contributed by atoms with Crippen LogP contribution in [-0.2, 0) is 17.4 Å². The maximum Gasteiger partial charge on any atom is 0.417 e. The number of hydrogen-bond donors (Lipinski definition) is 0. The Hall–Kier alpha value is -1.04. The third-order valence-corrected chi connectivity index (χ3v) is 3.25. The first-order valence-corrected chi connectivity index (χ1v) is 5.27. The van der Waals surface area contributed by atoms with E-state index in [4.69, 9.17) is 0 Å². The molecule has 1 aromatic carbocycles. The summed E-state index contributed by atoms with van der Waals surface area (Å²) in [6, 6.07) is 2.83. The molecule has 2 nitrogen and oxygen atoms in total. The van der Waals surface area contributed by atoms with Gasteiger partial charge in [0.15, 0.2) is 0 Å². The van der Waals surface area contributed by atoms with Crippen molar-refractivity contribution in [3.8, 4) is 0 Å². The molecule has 1 aliphatic rings. The second-order valence-corrected chi connectivity index (χ2v) is 4.40. The summed E-state index contributed by atoms with van der Waals surface area (Å²) in [5, 5.41) is 0. The summed E-state index contributed by atoms with van der Waals surface area (Å²) in [6.07, 6.45) is -4.64. The summed E-state index contributed by atoms with van der Waals surface area (Å²) >= 11 is 2.88. The van der Waals surface area contributed by atoms with E-state index in [1.807, 2.05) is 0 Å². The lowest BCUT2D eigenvalue weighted by molar-refractivity contribution is -0.138. The van der Waals surface area contributed by atoms with E-state index in [1.54, 1.807) is 0 Å². The summed E-state index contributed by atoms with van der Waals surface area (Å²) in [7, 11) is 1.47. The van der Waals surface area contributed by atoms with Crippen molar-refractivity contribution in [2.45, 2.75) is 12.6 Å². The number of anilines is 1. The second-order valence-electron chi connectivity index (χ2n) is 3.55. The molecule has 0 radical (unpaired) electrons. The molecule has 0 saturated heterocycles. The third-order valence-electron chi connectivity index (χ3n) is 2.58. The fraction of sp³-hybridized carbons (Fsp3) is 0.300. The average Bonchev–Trinajstić information content (AvgIpc) is 2.40. The largest absolute Gasteiger partial charge is 0.417 e. The summed E-state index contributed by atoms with van der Waals surface area (Å²) in [4.78, 5) is 12.6. The molecule has 0 atom stereocenters. The number of carbonyl (C=O) groups is 1. The van der Waals surface area contributed by atoms with Gasteiger partial charge in [-0.2, -0.15) is 13.2 Å². The highest BCUT2D eigenvalue weighted by molar-refractivity contribution is 9.10. The zero-order valence-electron chi connectivity index (χ0n) is 8.23. The number of fused-ring (bicyclic) bond motifs is 1. The number of carbonyl (C=O) groups excluding carboxylic acids is 1. The van der Waals surface area contributed by atoms with Gasteiger partial charge in [-0.3, -0.25) is 4.79 Å². The minimum atomic E-state index is -4.45. The number of benzene rings is 1. The first-order chi connectivity index (χ1) is 7.32. The van der Waals surface area contributed by atoms with Crippen LogP contribution < -0.4 is 4.90 Å². The predicted octanol–water partition coefficient (Wildman–Crippen LogP) is 2.99. The van der Waals surface area contributed by atoms with Gasteiger partial charge in [0.2, 0.25) is 5.91 Å². The minimum Gasteiger partial charge on any atom is -0.315 e. The van der Waals surface area contributed by atoms with Gasteiger partial charge in [0, 0.05) is 17.2 Å². The first-order valence-electron chi connectivity index (χ1n) is 4.47. The highest BCUT2D eigenvalue weighted by Gasteiger charge is 2.40. The van der Waals surface area contributed by atoms with Crippen LogP contribution in [0, 0.1) is 0 Å². The Balaban J connectivity index is 2.68. The van der Waals surface area contributed by atoms with Gasteiger partial charge >= 0.3 is 6.18 Å². The van der Waals surface area contributed by atoms with Gasteiger partial charge in [-0.05, 0) is 17.7 Å². The Kier molecular flexibility index (Phi) is 2.49. The van der Waals surface area contributed by atoms with Crippen LogP contribution in [0.5, 0.6) is 0 Å². The number of alkyl halides is 3. The average molecular weight is 294 g/mol. The number of likely N-dealkylation sites (N-methyl/N-ethyl adjacent to an activating group) is 1. The third kappa shape index (κ3) is 1.61. The van der Waals surface area contributed by atoms with Gasteiger partial charge in [-0.15, -0.1) is 0 Å². The summed E-state index contributed by atoms with van der Waals surface area (Å²) in [5.74, 6) is -0.321. The van der Waals surface area contributed by atoms with Crippen LogP contribution in [-0.4, -0.2) is 13.0 Å². The van der Waals surface area contributed by atoms with Gasteiger partial charge in [-0.25, -0.2) is 0 Å². The molecule has 1 aliphatic heterocycles. The molecular weight excluding hydrogens is 287 g/mol. The van der Waals surface area contributed by atoms with Crippen molar-refractivity contribution in [2.75, 3.05) is 11.9 Å². The molecule has 0 saturated carbocycles. The Morgan fingerprint density at radius 3 is 2.56 bits per heavy atom. The minimum absolute atomic E-state index is 0.0261. The van der Waals surface area contributed by atoms with E-state index in [0.717, 1.165) is 0 Å². The van der Waals surface area contributed by atoms with Crippen LogP contribution in [0.1, 0.15) is 11.1 Å². The number of nitrogens with zero attached hydrogens (tertiary/aromatic N) is 1. The highest BCUT2D eigenvalue weighted by Crippen LogP contribution is 2.43. The summed E-state index contributed by atoms with van der Waals surface area (Å²) in [5.41, 5.74) is -0.363. The zero-order chi connectivity index (χ0) is 12.1. The molecule has 0 bridgehead atoms. The number of amides is 1. The van der Waals surface area contributed by atoms with Crippen LogP contribution in [0.4, 0.5) is 18.9 Å². The fourth-order valence-corrected chi connectivity index (χ4v) is 2.41. The molecule has 0 aromatic heterocycles. The van der Waals surface area contributed by atoms with E-state index in [-0.39, 0.29) is 22.4 Å². The lowest BCUT2D eigenvalue weighted by Crippen LogP contribution is -2.20. The maximum absolute atomic E-state index is 12.8. The van der Waals surface area contributed by atoms with Gasteiger partial charge in [0.1, 0.15) is 0 Å². The summed E-state index contributed by atoms with van der Waals surface area (Å²) < 4.78 is 38.4. The van der Waals surface area contributed by atoms with Gasteiger partial charge in [0.05, 0.1) is 12.0 Å². The van der Waals surface area contributed by atoms with E-state index in [2.05, 4.69) is 15.9 Å². The molecule has 6 heteroatoms. The van der Waals surface area contributed by atoms with Gasteiger partial charge < -0.3 is 4.90 Å². The fourth-order valence-electron chi connectivity index (χ4n) is 1.81. The van der Waals surface area contributed by atoms with Gasteiger partial charge in [0.25, 0.3) is 0 Å². The lowest BCUT2D eigenvalue weighted by Gasteiger charge is -2.15. The molecule has 86 valence electrons. The zero-order valence-corrected chi connectivity index (χ0v) is 9.82. The Morgan fingerprint density at radius 1 is 1.38 bits per heavy atom. The quantitative estimate of drug-likeness (QED) is 0.720. The first kappa shape index (κ1) is 11.4. The van der Waals surface area contributed by atoms with Crippen molar-refractivity contribution >= 4 is 27.5 Å². The molecule has 1 heterocycles. The van der Waals surface area contributed by atoms with Crippen LogP contribution >= 0.6 is 15.9 Å². The number of hydrogen-bond acceptors (Lipinski definition) is 1. The van der Waals surface area contributed by atoms with Crippen LogP contribution in [0.3, 0.4) is 0 Å². The van der Waals surface area contributed by atoms with E-state index in [1.165, 1.54) is 24.1 Å². The highest BCUT2D eigenvalue weighted by atomic mass is 79.9. The van der Waals surface area contributed by atoms with E-state index in [0.29, 0.717) is 5.69 Å². The standard InChI is InChI=1S/C10H7BrF3NO/c1-15-7-3-2-6(11)9(10(12,13)14)5(7)4-8(15)16/h2-3H,4H2,1H3. The van der Waals surface area contributed by atoms with Crippen molar-refractivity contribution in [1.29, 1.82) is 0 Å². The van der Waals surface area contributed by atoms with E-state index in [9.17, 15) is 18.0 Å². The molecule has 0 fully saturated rings. The molecule has 1 aromatic rings. The molecular formula is C10H7BrF3NO. The van der Waals surface area contributed by atoms with Crippen LogP contribution in [0.15, 0.2) is 16.6 Å². The smallest absolute Gasteiger partial charge is 0.315 e. The number of halogens is 4. The van der Waals surface area contributed by atoms with Crippen molar-refractivity contribution in [2.24, 2.45) is 0 Å². The van der Waals surface area contributed by atoms with Crippen molar-refractivity contribution in [3.05, 3.63) is 27.7 Å². The normalized spacial score (nSPS) is 15.6. The Morgan fingerprint density at radius 2 is 2.00 bits per heavy atom.